The summed E-state index contributed by atoms with van der Waals surface area (Å²) in [5.41, 5.74) is 7.09. The molecule has 7 nitrogen and oxygen atoms in total. The number of nitro groups is 1. The summed E-state index contributed by atoms with van der Waals surface area (Å²) in [6.45, 7) is 4.23. The molecule has 2 aromatic rings. The molecule has 1 unspecified atom stereocenters. The lowest BCUT2D eigenvalue weighted by Gasteiger charge is -2.34. The van der Waals surface area contributed by atoms with Crippen LogP contribution >= 0.6 is 0 Å². The van der Waals surface area contributed by atoms with Gasteiger partial charge in [-0.05, 0) is 25.1 Å². The normalized spacial score (nSPS) is 17.7. The van der Waals surface area contributed by atoms with E-state index in [1.165, 1.54) is 11.8 Å². The topological polar surface area (TPSA) is 94.4 Å². The number of nitro benzene ring substituents is 1. The fourth-order valence-corrected chi connectivity index (χ4v) is 3.08. The Morgan fingerprint density at radius 3 is 2.87 bits per heavy atom. The van der Waals surface area contributed by atoms with Gasteiger partial charge < -0.3 is 10.3 Å². The Morgan fingerprint density at radius 2 is 2.17 bits per heavy atom. The molecular weight excluding hydrogens is 296 g/mol. The number of amides is 1. The first-order valence-electron chi connectivity index (χ1n) is 7.43. The number of nitrogens with zero attached hydrogens (tertiary/aromatic N) is 3. The molecule has 1 aliphatic rings. The molecule has 2 heterocycles. The summed E-state index contributed by atoms with van der Waals surface area (Å²) in [4.78, 5) is 24.3. The van der Waals surface area contributed by atoms with Crippen LogP contribution in [0.25, 0.3) is 0 Å². The number of hydrogen-bond donors (Lipinski definition) is 1. The van der Waals surface area contributed by atoms with Crippen LogP contribution in [0.2, 0.25) is 0 Å². The van der Waals surface area contributed by atoms with E-state index in [-0.39, 0.29) is 17.3 Å². The predicted octanol–water partition coefficient (Wildman–Crippen LogP) is 2.07. The first kappa shape index (κ1) is 15.2. The number of nitrogens with two attached hydrogens (primary N) is 1. The quantitative estimate of drug-likeness (QED) is 0.690. The molecule has 1 atom stereocenters. The van der Waals surface area contributed by atoms with Crippen LogP contribution < -0.4 is 5.73 Å². The molecule has 2 N–H and O–H groups in total. The lowest BCUT2D eigenvalue weighted by atomic mass is 10.1. The van der Waals surface area contributed by atoms with Gasteiger partial charge in [0, 0.05) is 54.8 Å². The van der Waals surface area contributed by atoms with Crippen LogP contribution in [0.5, 0.6) is 0 Å². The van der Waals surface area contributed by atoms with Gasteiger partial charge in [0.25, 0.3) is 5.69 Å². The Kier molecular flexibility index (Phi) is 3.87. The predicted molar refractivity (Wildman–Crippen MR) is 84.9 cm³/mol. The Bertz CT molecular complexity index is 768. The highest BCUT2D eigenvalue weighted by Crippen LogP contribution is 2.29. The van der Waals surface area contributed by atoms with Crippen LogP contribution in [0.4, 0.5) is 5.69 Å². The van der Waals surface area contributed by atoms with Crippen molar-refractivity contribution < 1.29 is 9.72 Å². The number of rotatable bonds is 4. The molecule has 7 heteroatoms. The van der Waals surface area contributed by atoms with Crippen molar-refractivity contribution in [2.24, 2.45) is 5.73 Å². The minimum absolute atomic E-state index is 0.0607. The SMILES string of the molecule is CC1c2cccn2CCN1Cc1ccc(C(N)=O)cc1[N+](=O)[O-]. The van der Waals surface area contributed by atoms with E-state index in [0.29, 0.717) is 12.1 Å². The molecule has 3 rings (SSSR count). The summed E-state index contributed by atoms with van der Waals surface area (Å²) < 4.78 is 2.20. The highest BCUT2D eigenvalue weighted by Gasteiger charge is 2.26. The first-order chi connectivity index (χ1) is 11.0. The largest absolute Gasteiger partial charge is 0.366 e. The molecule has 0 radical (unpaired) electrons. The molecule has 0 aliphatic carbocycles. The molecular formula is C16H18N4O3. The number of fused-ring (bicyclic) bond motifs is 1. The average molecular weight is 314 g/mol. The minimum Gasteiger partial charge on any atom is -0.366 e. The molecule has 1 aromatic heterocycles. The Balaban J connectivity index is 1.88. The molecule has 1 aliphatic heterocycles. The van der Waals surface area contributed by atoms with E-state index in [1.807, 2.05) is 12.3 Å². The molecule has 0 saturated heterocycles. The Labute approximate surface area is 133 Å². The van der Waals surface area contributed by atoms with Gasteiger partial charge in [0.2, 0.25) is 5.91 Å². The molecule has 0 bridgehead atoms. The van der Waals surface area contributed by atoms with Gasteiger partial charge in [0.1, 0.15) is 0 Å². The first-order valence-corrected chi connectivity index (χ1v) is 7.43. The third-order valence-corrected chi connectivity index (χ3v) is 4.41. The smallest absolute Gasteiger partial charge is 0.274 e. The van der Waals surface area contributed by atoms with Crippen LogP contribution in [-0.2, 0) is 13.1 Å². The van der Waals surface area contributed by atoms with Gasteiger partial charge in [0.05, 0.1) is 4.92 Å². The number of aromatic nitrogens is 1. The molecule has 0 saturated carbocycles. The highest BCUT2D eigenvalue weighted by atomic mass is 16.6. The Hall–Kier alpha value is -2.67. The van der Waals surface area contributed by atoms with Crippen molar-refractivity contribution in [2.75, 3.05) is 6.54 Å². The number of hydrogen-bond acceptors (Lipinski definition) is 4. The number of carbonyl (C=O) groups excluding carboxylic acids is 1. The standard InChI is InChI=1S/C16H18N4O3/c1-11-14-3-2-6-18(14)7-8-19(11)10-13-5-4-12(16(17)21)9-15(13)20(22)23/h2-6,9,11H,7-8,10H2,1H3,(H2,17,21). The zero-order valence-corrected chi connectivity index (χ0v) is 12.8. The second-order valence-electron chi connectivity index (χ2n) is 5.74. The zero-order valence-electron chi connectivity index (χ0n) is 12.8. The van der Waals surface area contributed by atoms with E-state index >= 15 is 0 Å². The van der Waals surface area contributed by atoms with Gasteiger partial charge >= 0.3 is 0 Å². The molecule has 23 heavy (non-hydrogen) atoms. The molecule has 0 spiro atoms. The fourth-order valence-electron chi connectivity index (χ4n) is 3.08. The highest BCUT2D eigenvalue weighted by molar-refractivity contribution is 5.93. The molecule has 1 aromatic carbocycles. The second-order valence-corrected chi connectivity index (χ2v) is 5.74. The van der Waals surface area contributed by atoms with Gasteiger partial charge in [-0.25, -0.2) is 0 Å². The maximum atomic E-state index is 11.3. The molecule has 1 amide bonds. The van der Waals surface area contributed by atoms with Crippen LogP contribution in [0.1, 0.15) is 34.6 Å². The van der Waals surface area contributed by atoms with Crippen LogP contribution in [0, 0.1) is 10.1 Å². The summed E-state index contributed by atoms with van der Waals surface area (Å²) in [6, 6.07) is 8.69. The van der Waals surface area contributed by atoms with Gasteiger partial charge in [-0.15, -0.1) is 0 Å². The van der Waals surface area contributed by atoms with Gasteiger partial charge in [-0.1, -0.05) is 6.07 Å². The number of carbonyl (C=O) groups is 1. The van der Waals surface area contributed by atoms with Crippen LogP contribution in [0.3, 0.4) is 0 Å². The van der Waals surface area contributed by atoms with Gasteiger partial charge in [0.15, 0.2) is 0 Å². The number of primary amides is 1. The van der Waals surface area contributed by atoms with E-state index in [9.17, 15) is 14.9 Å². The molecule has 0 fully saturated rings. The van der Waals surface area contributed by atoms with Crippen molar-refractivity contribution in [1.29, 1.82) is 0 Å². The Morgan fingerprint density at radius 1 is 1.39 bits per heavy atom. The lowest BCUT2D eigenvalue weighted by molar-refractivity contribution is -0.385. The maximum Gasteiger partial charge on any atom is 0.274 e. The van der Waals surface area contributed by atoms with Crippen molar-refractivity contribution in [3.63, 3.8) is 0 Å². The number of benzene rings is 1. The third kappa shape index (κ3) is 2.83. The van der Waals surface area contributed by atoms with Gasteiger partial charge in [-0.2, -0.15) is 0 Å². The van der Waals surface area contributed by atoms with Crippen molar-refractivity contribution >= 4 is 11.6 Å². The summed E-state index contributed by atoms with van der Waals surface area (Å²) in [7, 11) is 0. The van der Waals surface area contributed by atoms with E-state index in [4.69, 9.17) is 5.73 Å². The van der Waals surface area contributed by atoms with E-state index in [0.717, 1.165) is 13.1 Å². The van der Waals surface area contributed by atoms with Crippen LogP contribution in [-0.4, -0.2) is 26.8 Å². The summed E-state index contributed by atoms with van der Waals surface area (Å²) in [5.74, 6) is -0.663. The van der Waals surface area contributed by atoms with E-state index in [2.05, 4.69) is 22.5 Å². The zero-order chi connectivity index (χ0) is 16.6. The van der Waals surface area contributed by atoms with Crippen molar-refractivity contribution in [3.8, 4) is 0 Å². The summed E-state index contributed by atoms with van der Waals surface area (Å²) in [6.07, 6.45) is 2.05. The second kappa shape index (κ2) is 5.85. The monoisotopic (exact) mass is 314 g/mol. The van der Waals surface area contributed by atoms with E-state index < -0.39 is 10.8 Å². The lowest BCUT2D eigenvalue weighted by Crippen LogP contribution is -2.36. The third-order valence-electron chi connectivity index (χ3n) is 4.41. The minimum atomic E-state index is -0.663. The summed E-state index contributed by atoms with van der Waals surface area (Å²) in [5, 5.41) is 11.3. The summed E-state index contributed by atoms with van der Waals surface area (Å²) >= 11 is 0. The van der Waals surface area contributed by atoms with Gasteiger partial charge in [-0.3, -0.25) is 19.8 Å². The van der Waals surface area contributed by atoms with Crippen molar-refractivity contribution in [1.82, 2.24) is 9.47 Å². The maximum absolute atomic E-state index is 11.3. The van der Waals surface area contributed by atoms with E-state index in [1.54, 1.807) is 12.1 Å². The average Bonchev–Trinajstić information content (AvgIpc) is 2.99. The van der Waals surface area contributed by atoms with Crippen molar-refractivity contribution in [2.45, 2.75) is 26.1 Å². The fraction of sp³-hybridized carbons (Fsp3) is 0.312. The molecule has 120 valence electrons. The van der Waals surface area contributed by atoms with Crippen LogP contribution in [0.15, 0.2) is 36.5 Å². The van der Waals surface area contributed by atoms with Crippen molar-refractivity contribution in [3.05, 3.63) is 63.5 Å².